The van der Waals surface area contributed by atoms with E-state index >= 15 is 0 Å². The maximum absolute atomic E-state index is 12.5. The SMILES string of the molecule is CCOOP(=O)(O)c1ccc2c(c1)C(C)(CCCCCC(=O)O)C(C)=[N+]2CC. The average Bonchev–Trinajstić information content (AvgIpc) is 2.86. The Labute approximate surface area is 166 Å². The van der Waals surface area contributed by atoms with Crippen molar-refractivity contribution in [3.8, 4) is 0 Å². The molecule has 1 aliphatic rings. The van der Waals surface area contributed by atoms with Gasteiger partial charge in [-0.1, -0.05) is 12.8 Å². The van der Waals surface area contributed by atoms with Gasteiger partial charge in [0.1, 0.15) is 6.54 Å². The Hall–Kier alpha value is -1.53. The van der Waals surface area contributed by atoms with Crippen LogP contribution in [0.3, 0.4) is 0 Å². The van der Waals surface area contributed by atoms with E-state index in [9.17, 15) is 14.3 Å². The van der Waals surface area contributed by atoms with Crippen molar-refractivity contribution in [3.63, 3.8) is 0 Å². The zero-order valence-corrected chi connectivity index (χ0v) is 18.0. The lowest BCUT2D eigenvalue weighted by molar-refractivity contribution is -0.434. The predicted octanol–water partition coefficient (Wildman–Crippen LogP) is 3.90. The van der Waals surface area contributed by atoms with Crippen molar-refractivity contribution in [2.24, 2.45) is 0 Å². The minimum Gasteiger partial charge on any atom is -0.481 e. The fourth-order valence-corrected chi connectivity index (χ4v) is 4.76. The van der Waals surface area contributed by atoms with Crippen molar-refractivity contribution in [2.75, 3.05) is 13.2 Å². The number of fused-ring (bicyclic) bond motifs is 1. The third kappa shape index (κ3) is 4.71. The van der Waals surface area contributed by atoms with Crippen molar-refractivity contribution in [2.45, 2.75) is 65.2 Å². The zero-order valence-electron chi connectivity index (χ0n) is 17.1. The molecule has 2 rings (SSSR count). The van der Waals surface area contributed by atoms with Crippen LogP contribution in [0.5, 0.6) is 0 Å². The highest BCUT2D eigenvalue weighted by Gasteiger charge is 2.46. The Morgan fingerprint density at radius 1 is 1.25 bits per heavy atom. The number of carboxylic acids is 1. The average molecular weight is 412 g/mol. The van der Waals surface area contributed by atoms with Crippen LogP contribution in [0.25, 0.3) is 0 Å². The molecule has 0 aromatic heterocycles. The summed E-state index contributed by atoms with van der Waals surface area (Å²) in [6.45, 7) is 8.98. The van der Waals surface area contributed by atoms with Gasteiger partial charge in [0.2, 0.25) is 5.69 Å². The molecule has 1 aromatic rings. The Balaban J connectivity index is 2.30. The Kier molecular flexibility index (Phi) is 7.57. The molecule has 0 bridgehead atoms. The van der Waals surface area contributed by atoms with Crippen LogP contribution < -0.4 is 5.30 Å². The van der Waals surface area contributed by atoms with Crippen molar-refractivity contribution in [3.05, 3.63) is 23.8 Å². The van der Waals surface area contributed by atoms with E-state index < -0.39 is 13.6 Å². The van der Waals surface area contributed by atoms with Crippen LogP contribution in [0.1, 0.15) is 65.4 Å². The van der Waals surface area contributed by atoms with Gasteiger partial charge in [0, 0.05) is 25.0 Å². The quantitative estimate of drug-likeness (QED) is 0.188. The summed E-state index contributed by atoms with van der Waals surface area (Å²) in [4.78, 5) is 25.7. The highest BCUT2D eigenvalue weighted by Crippen LogP contribution is 2.47. The van der Waals surface area contributed by atoms with Crippen LogP contribution in [0.15, 0.2) is 18.2 Å². The number of hydrogen-bond donors (Lipinski definition) is 2. The van der Waals surface area contributed by atoms with Gasteiger partial charge in [0.15, 0.2) is 5.71 Å². The smallest absolute Gasteiger partial charge is 0.385 e. The van der Waals surface area contributed by atoms with Crippen LogP contribution in [0.2, 0.25) is 0 Å². The molecule has 2 atom stereocenters. The lowest BCUT2D eigenvalue weighted by atomic mass is 9.76. The fourth-order valence-electron chi connectivity index (χ4n) is 3.87. The van der Waals surface area contributed by atoms with Crippen LogP contribution in [0, 0.1) is 0 Å². The highest BCUT2D eigenvalue weighted by molar-refractivity contribution is 7.61. The normalized spacial score (nSPS) is 20.9. The Bertz CT molecular complexity index is 806. The molecule has 0 spiro atoms. The van der Waals surface area contributed by atoms with E-state index in [0.717, 1.165) is 37.1 Å². The Morgan fingerprint density at radius 3 is 2.57 bits per heavy atom. The first-order valence-corrected chi connectivity index (χ1v) is 11.4. The molecule has 7 nitrogen and oxygen atoms in total. The van der Waals surface area contributed by atoms with Gasteiger partial charge in [-0.25, -0.2) is 4.89 Å². The largest absolute Gasteiger partial charge is 0.481 e. The molecule has 2 N–H and O–H groups in total. The number of rotatable bonds is 11. The van der Waals surface area contributed by atoms with Gasteiger partial charge in [0.05, 0.1) is 17.3 Å². The maximum Gasteiger partial charge on any atom is 0.385 e. The standard InChI is InChI=1S/C20H30NO6P/c1-5-21-15(3)20(4,13-9-7-8-10-19(22)23)17-14-16(11-12-18(17)21)28(24,25)27-26-6-2/h11-12,14H,5-10,13H2,1-4H3,(H-,22,23,24,25)/p+1. The number of nitrogens with zero attached hydrogens (tertiary/aromatic N) is 1. The molecule has 1 heterocycles. The number of aliphatic carboxylic acids is 1. The molecule has 0 fully saturated rings. The van der Waals surface area contributed by atoms with Crippen LogP contribution in [-0.2, 0) is 24.3 Å². The second kappa shape index (κ2) is 9.31. The zero-order chi connectivity index (χ0) is 20.9. The molecule has 0 saturated heterocycles. The summed E-state index contributed by atoms with van der Waals surface area (Å²) in [5.74, 6) is -0.769. The summed E-state index contributed by atoms with van der Waals surface area (Å²) >= 11 is 0. The highest BCUT2D eigenvalue weighted by atomic mass is 31.2. The first-order chi connectivity index (χ1) is 13.2. The van der Waals surface area contributed by atoms with E-state index in [1.54, 1.807) is 19.1 Å². The fraction of sp³-hybridized carbons (Fsp3) is 0.600. The molecule has 0 aliphatic carbocycles. The monoisotopic (exact) mass is 412 g/mol. The van der Waals surface area contributed by atoms with E-state index in [0.29, 0.717) is 6.42 Å². The van der Waals surface area contributed by atoms with E-state index in [2.05, 4.69) is 25.3 Å². The van der Waals surface area contributed by atoms with Gasteiger partial charge >= 0.3 is 13.6 Å². The summed E-state index contributed by atoms with van der Waals surface area (Å²) in [6, 6.07) is 5.24. The molecule has 8 heteroatoms. The molecule has 2 unspecified atom stereocenters. The van der Waals surface area contributed by atoms with E-state index in [4.69, 9.17) is 14.7 Å². The molecule has 1 aromatic carbocycles. The molecule has 28 heavy (non-hydrogen) atoms. The molecule has 156 valence electrons. The second-order valence-corrected chi connectivity index (χ2v) is 9.03. The topological polar surface area (TPSA) is 96.1 Å². The molecular weight excluding hydrogens is 381 g/mol. The van der Waals surface area contributed by atoms with Crippen LogP contribution >= 0.6 is 7.60 Å². The van der Waals surface area contributed by atoms with Crippen molar-refractivity contribution in [1.82, 2.24) is 0 Å². The summed E-state index contributed by atoms with van der Waals surface area (Å²) in [7, 11) is -4.06. The van der Waals surface area contributed by atoms with Gasteiger partial charge in [0.25, 0.3) is 0 Å². The molecule has 0 amide bonds. The third-order valence-electron chi connectivity index (χ3n) is 5.55. The summed E-state index contributed by atoms with van der Waals surface area (Å²) in [5.41, 5.74) is 2.94. The maximum atomic E-state index is 12.5. The van der Waals surface area contributed by atoms with Gasteiger partial charge in [-0.2, -0.15) is 4.58 Å². The summed E-state index contributed by atoms with van der Waals surface area (Å²) in [5, 5.41) is 9.01. The predicted molar refractivity (Wildman–Crippen MR) is 108 cm³/mol. The molecular formula is C20H31NO6P+. The second-order valence-electron chi connectivity index (χ2n) is 7.32. The van der Waals surface area contributed by atoms with E-state index in [1.165, 1.54) is 5.71 Å². The summed E-state index contributed by atoms with van der Waals surface area (Å²) in [6.07, 6.45) is 3.40. The first kappa shape index (κ1) is 22.8. The number of hydrogen-bond acceptors (Lipinski definition) is 4. The molecule has 0 saturated carbocycles. The van der Waals surface area contributed by atoms with E-state index in [-0.39, 0.29) is 23.7 Å². The molecule has 0 radical (unpaired) electrons. The van der Waals surface area contributed by atoms with Gasteiger partial charge < -0.3 is 10.00 Å². The van der Waals surface area contributed by atoms with Gasteiger partial charge in [-0.05, 0) is 45.7 Å². The van der Waals surface area contributed by atoms with Crippen LogP contribution in [-0.4, -0.2) is 39.4 Å². The van der Waals surface area contributed by atoms with E-state index in [1.807, 2.05) is 6.07 Å². The number of carbonyl (C=O) groups is 1. The first-order valence-electron chi connectivity index (χ1n) is 9.79. The van der Waals surface area contributed by atoms with Crippen molar-refractivity contribution in [1.29, 1.82) is 0 Å². The molecule has 1 aliphatic heterocycles. The summed E-state index contributed by atoms with van der Waals surface area (Å²) < 4.78 is 19.5. The van der Waals surface area contributed by atoms with Crippen LogP contribution in [0.4, 0.5) is 5.69 Å². The van der Waals surface area contributed by atoms with Gasteiger partial charge in [-0.3, -0.25) is 9.36 Å². The minimum atomic E-state index is -4.06. The minimum absolute atomic E-state index is 0.181. The number of benzene rings is 1. The van der Waals surface area contributed by atoms with Crippen molar-refractivity contribution >= 4 is 30.3 Å². The Morgan fingerprint density at radius 2 is 1.96 bits per heavy atom. The number of unbranched alkanes of at least 4 members (excludes halogenated alkanes) is 2. The van der Waals surface area contributed by atoms with Gasteiger partial charge in [-0.15, -0.1) is 4.67 Å². The lowest BCUT2D eigenvalue weighted by Crippen LogP contribution is -2.30. The van der Waals surface area contributed by atoms with Crippen molar-refractivity contribution < 1.29 is 33.5 Å². The third-order valence-corrected chi connectivity index (χ3v) is 6.79. The lowest BCUT2D eigenvalue weighted by Gasteiger charge is -2.23. The number of carboxylic acid groups (broad SMARTS) is 1.